The number of carbonyl (C=O) groups is 2. The van der Waals surface area contributed by atoms with E-state index in [1.165, 1.54) is 25.5 Å². The standard InChI is InChI=1S/C35H52N2O6Si2/c1-34(2,3)44(8,9)42-29-21-15-13-12-14-19-27-20-16-22-30(43-45(10,11)35(4,5)6)32(27)33(39)41-28(29)23-17-25-36-31(38)24-18-26-37-40-7/h12-22,24-26,28-29H,23H2,1-11H3,(H,36,38)/b13-12+,19-14+,21-15-,24-18-,25-17-,37-26+/t28-,29-/m0/s1. The SMILES string of the molecule is CO/N=C/C=C\C(=O)N/C=C\C[C@@H]1OC(=O)c2c(cccc2O[Si](C)(C)C(C)(C)C)/C=C/C=C/C=C\[C@@H]1O[Si](C)(C)C(C)(C)C. The van der Waals surface area contributed by atoms with Gasteiger partial charge in [0.1, 0.15) is 30.6 Å². The second kappa shape index (κ2) is 16.2. The molecule has 0 saturated carbocycles. The lowest BCUT2D eigenvalue weighted by molar-refractivity contribution is -0.115. The van der Waals surface area contributed by atoms with Gasteiger partial charge in [-0.1, -0.05) is 101 Å². The smallest absolute Gasteiger partial charge is 0.342 e. The molecule has 1 heterocycles. The van der Waals surface area contributed by atoms with Crippen molar-refractivity contribution in [3.8, 4) is 5.75 Å². The Morgan fingerprint density at radius 2 is 1.67 bits per heavy atom. The van der Waals surface area contributed by atoms with E-state index in [4.69, 9.17) is 13.6 Å². The Balaban J connectivity index is 2.55. The van der Waals surface area contributed by atoms with Crippen LogP contribution in [0.3, 0.4) is 0 Å². The largest absolute Gasteiger partial charge is 0.543 e. The highest BCUT2D eigenvalue weighted by atomic mass is 28.4. The third kappa shape index (κ3) is 11.4. The number of esters is 1. The topological polar surface area (TPSA) is 95.5 Å². The predicted molar refractivity (Wildman–Crippen MR) is 189 cm³/mol. The van der Waals surface area contributed by atoms with Crippen LogP contribution in [-0.2, 0) is 18.8 Å². The van der Waals surface area contributed by atoms with Crippen LogP contribution >= 0.6 is 0 Å². The van der Waals surface area contributed by atoms with Gasteiger partial charge in [-0.2, -0.15) is 0 Å². The molecule has 45 heavy (non-hydrogen) atoms. The first-order chi connectivity index (χ1) is 20.9. The monoisotopic (exact) mass is 652 g/mol. The van der Waals surface area contributed by atoms with E-state index in [2.05, 4.69) is 83.0 Å². The first-order valence-corrected chi connectivity index (χ1v) is 21.1. The number of nitrogens with one attached hydrogen (secondary N) is 1. The van der Waals surface area contributed by atoms with E-state index in [1.807, 2.05) is 54.7 Å². The van der Waals surface area contributed by atoms with Gasteiger partial charge in [0.05, 0.1) is 6.21 Å². The van der Waals surface area contributed by atoms with Gasteiger partial charge in [-0.3, -0.25) is 4.79 Å². The molecule has 1 amide bonds. The van der Waals surface area contributed by atoms with Crippen LogP contribution in [0.4, 0.5) is 0 Å². The van der Waals surface area contributed by atoms with Crippen molar-refractivity contribution in [2.24, 2.45) is 5.16 Å². The minimum Gasteiger partial charge on any atom is -0.543 e. The van der Waals surface area contributed by atoms with Crippen molar-refractivity contribution in [3.63, 3.8) is 0 Å². The van der Waals surface area contributed by atoms with Gasteiger partial charge in [-0.15, -0.1) is 0 Å². The molecule has 1 aromatic carbocycles. The predicted octanol–water partition coefficient (Wildman–Crippen LogP) is 8.33. The van der Waals surface area contributed by atoms with E-state index in [-0.39, 0.29) is 16.0 Å². The van der Waals surface area contributed by atoms with Crippen LogP contribution in [0.2, 0.25) is 36.3 Å². The Bertz CT molecular complexity index is 1340. The summed E-state index contributed by atoms with van der Waals surface area (Å²) in [5.41, 5.74) is 1.09. The number of hydrogen-bond acceptors (Lipinski definition) is 7. The number of benzene rings is 1. The molecule has 1 aliphatic heterocycles. The van der Waals surface area contributed by atoms with Crippen LogP contribution in [0.1, 0.15) is 63.9 Å². The summed E-state index contributed by atoms with van der Waals surface area (Å²) in [6.07, 6.45) is 18.0. The maximum Gasteiger partial charge on any atom is 0.342 e. The fourth-order valence-corrected chi connectivity index (χ4v) is 5.99. The summed E-state index contributed by atoms with van der Waals surface area (Å²) in [6.45, 7) is 21.7. The lowest BCUT2D eigenvalue weighted by Gasteiger charge is -2.40. The van der Waals surface area contributed by atoms with Gasteiger partial charge < -0.3 is 23.7 Å². The molecule has 0 radical (unpaired) electrons. The molecule has 0 aromatic heterocycles. The molecule has 0 fully saturated rings. The van der Waals surface area contributed by atoms with Crippen LogP contribution < -0.4 is 9.74 Å². The first kappa shape index (κ1) is 37.7. The molecular formula is C35H52N2O6Si2. The molecule has 0 bridgehead atoms. The number of nitrogens with zero attached hydrogens (tertiary/aromatic N) is 1. The summed E-state index contributed by atoms with van der Waals surface area (Å²) >= 11 is 0. The highest BCUT2D eigenvalue weighted by molar-refractivity contribution is 6.75. The van der Waals surface area contributed by atoms with Crippen LogP contribution in [0, 0.1) is 0 Å². The number of amides is 1. The van der Waals surface area contributed by atoms with Gasteiger partial charge in [0.2, 0.25) is 5.91 Å². The maximum atomic E-state index is 14.2. The lowest BCUT2D eigenvalue weighted by Crippen LogP contribution is -2.47. The van der Waals surface area contributed by atoms with Crippen molar-refractivity contribution in [1.29, 1.82) is 0 Å². The normalized spacial score (nSPS) is 20.6. The van der Waals surface area contributed by atoms with Crippen molar-refractivity contribution in [2.45, 2.75) is 96.4 Å². The number of allylic oxidation sites excluding steroid dienone is 5. The molecule has 0 unspecified atom stereocenters. The van der Waals surface area contributed by atoms with E-state index >= 15 is 0 Å². The van der Waals surface area contributed by atoms with E-state index in [0.29, 0.717) is 23.3 Å². The molecule has 0 spiro atoms. The van der Waals surface area contributed by atoms with Gasteiger partial charge in [0, 0.05) is 18.7 Å². The van der Waals surface area contributed by atoms with Crippen molar-refractivity contribution in [2.75, 3.05) is 7.11 Å². The summed E-state index contributed by atoms with van der Waals surface area (Å²) < 4.78 is 19.9. The fraction of sp³-hybridized carbons (Fsp3) is 0.457. The van der Waals surface area contributed by atoms with Crippen LogP contribution in [-0.4, -0.2) is 54.0 Å². The zero-order valence-electron chi connectivity index (χ0n) is 28.8. The minimum absolute atomic E-state index is 0.0694. The van der Waals surface area contributed by atoms with E-state index in [0.717, 1.165) is 0 Å². The van der Waals surface area contributed by atoms with Crippen molar-refractivity contribution < 1.29 is 28.0 Å². The van der Waals surface area contributed by atoms with Gasteiger partial charge in [-0.05, 0) is 54.0 Å². The molecule has 2 rings (SSSR count). The van der Waals surface area contributed by atoms with Crippen molar-refractivity contribution >= 4 is 40.8 Å². The molecule has 0 saturated heterocycles. The highest BCUT2D eigenvalue weighted by Crippen LogP contribution is 2.40. The molecule has 10 heteroatoms. The van der Waals surface area contributed by atoms with E-state index in [1.54, 1.807) is 12.3 Å². The number of oxime groups is 1. The summed E-state index contributed by atoms with van der Waals surface area (Å²) in [4.78, 5) is 31.0. The van der Waals surface area contributed by atoms with E-state index < -0.39 is 34.8 Å². The molecule has 246 valence electrons. The highest BCUT2D eigenvalue weighted by Gasteiger charge is 2.42. The summed E-state index contributed by atoms with van der Waals surface area (Å²) in [7, 11) is -3.16. The second-order valence-corrected chi connectivity index (χ2v) is 23.4. The van der Waals surface area contributed by atoms with Gasteiger partial charge in [-0.25, -0.2) is 4.79 Å². The number of cyclic esters (lactones) is 1. The average Bonchev–Trinajstić information content (AvgIpc) is 2.91. The minimum atomic E-state index is -2.29. The summed E-state index contributed by atoms with van der Waals surface area (Å²) in [5.74, 6) is -0.317. The molecular weight excluding hydrogens is 601 g/mol. The first-order valence-electron chi connectivity index (χ1n) is 15.3. The lowest BCUT2D eigenvalue weighted by atomic mass is 10.0. The molecule has 0 aliphatic carbocycles. The Labute approximate surface area is 272 Å². The fourth-order valence-electron chi connectivity index (χ4n) is 3.70. The zero-order valence-corrected chi connectivity index (χ0v) is 30.8. The number of fused-ring (bicyclic) bond motifs is 1. The number of ether oxygens (including phenoxy) is 1. The zero-order chi connectivity index (χ0) is 33.9. The summed E-state index contributed by atoms with van der Waals surface area (Å²) in [5, 5.41) is 6.12. The number of carbonyl (C=O) groups excluding carboxylic acids is 2. The summed E-state index contributed by atoms with van der Waals surface area (Å²) in [6, 6.07) is 5.63. The quantitative estimate of drug-likeness (QED) is 0.0898. The third-order valence-electron chi connectivity index (χ3n) is 8.42. The van der Waals surface area contributed by atoms with Crippen LogP contribution in [0.15, 0.2) is 78.2 Å². The van der Waals surface area contributed by atoms with Gasteiger partial charge >= 0.3 is 5.97 Å². The maximum absolute atomic E-state index is 14.2. The van der Waals surface area contributed by atoms with Crippen molar-refractivity contribution in [3.05, 3.63) is 84.1 Å². The Kier molecular flexibility index (Phi) is 13.6. The molecule has 1 aromatic rings. The molecule has 1 aliphatic rings. The Morgan fingerprint density at radius 3 is 2.31 bits per heavy atom. The molecule has 1 N–H and O–H groups in total. The van der Waals surface area contributed by atoms with Crippen LogP contribution in [0.25, 0.3) is 6.08 Å². The number of rotatable bonds is 10. The second-order valence-electron chi connectivity index (χ2n) is 13.9. The van der Waals surface area contributed by atoms with Crippen molar-refractivity contribution in [1.82, 2.24) is 5.32 Å². The van der Waals surface area contributed by atoms with Gasteiger partial charge in [0.25, 0.3) is 8.32 Å². The average molecular weight is 653 g/mol. The molecule has 8 nitrogen and oxygen atoms in total. The van der Waals surface area contributed by atoms with Gasteiger partial charge in [0.15, 0.2) is 8.32 Å². The Morgan fingerprint density at radius 1 is 1.00 bits per heavy atom. The molecule has 2 atom stereocenters. The Hall–Kier alpha value is -3.48. The third-order valence-corrected chi connectivity index (χ3v) is 17.2. The van der Waals surface area contributed by atoms with E-state index in [9.17, 15) is 9.59 Å². The number of hydrogen-bond donors (Lipinski definition) is 1. The van der Waals surface area contributed by atoms with Crippen LogP contribution in [0.5, 0.6) is 5.75 Å².